The predicted octanol–water partition coefficient (Wildman–Crippen LogP) is 2.83. The molecule has 0 aliphatic carbocycles. The molecule has 0 spiro atoms. The molecule has 2 aromatic rings. The Kier molecular flexibility index (Phi) is 7.76. The van der Waals surface area contributed by atoms with Crippen molar-refractivity contribution in [1.82, 2.24) is 14.8 Å². The molecule has 2 heterocycles. The zero-order valence-electron chi connectivity index (χ0n) is 17.0. The maximum Gasteiger partial charge on any atom is 0.223 e. The number of amides is 1. The predicted molar refractivity (Wildman–Crippen MR) is 112 cm³/mol. The Morgan fingerprint density at radius 3 is 2.45 bits per heavy atom. The van der Waals surface area contributed by atoms with Gasteiger partial charge in [0, 0.05) is 57.0 Å². The summed E-state index contributed by atoms with van der Waals surface area (Å²) in [5.41, 5.74) is 1.89. The van der Waals surface area contributed by atoms with Crippen LogP contribution in [0, 0.1) is 0 Å². The number of ether oxygens (including phenoxy) is 1. The van der Waals surface area contributed by atoms with Gasteiger partial charge in [-0.2, -0.15) is 0 Å². The highest BCUT2D eigenvalue weighted by molar-refractivity contribution is 5.97. The molecule has 154 valence electrons. The van der Waals surface area contributed by atoms with Crippen LogP contribution in [-0.2, 0) is 11.2 Å². The lowest BCUT2D eigenvalue weighted by Crippen LogP contribution is -2.48. The van der Waals surface area contributed by atoms with Crippen molar-refractivity contribution in [2.24, 2.45) is 0 Å². The summed E-state index contributed by atoms with van der Waals surface area (Å²) in [7, 11) is 1.68. The van der Waals surface area contributed by atoms with E-state index in [0.717, 1.165) is 51.3 Å². The summed E-state index contributed by atoms with van der Waals surface area (Å²) >= 11 is 0. The zero-order chi connectivity index (χ0) is 20.5. The fourth-order valence-corrected chi connectivity index (χ4v) is 3.57. The lowest BCUT2D eigenvalue weighted by Gasteiger charge is -2.34. The first-order valence-corrected chi connectivity index (χ1v) is 10.2. The zero-order valence-corrected chi connectivity index (χ0v) is 17.0. The highest BCUT2D eigenvalue weighted by Gasteiger charge is 2.21. The van der Waals surface area contributed by atoms with Crippen molar-refractivity contribution >= 4 is 11.7 Å². The summed E-state index contributed by atoms with van der Waals surface area (Å²) in [4.78, 5) is 32.8. The Balaban J connectivity index is 1.33. The van der Waals surface area contributed by atoms with Crippen LogP contribution in [0.25, 0.3) is 0 Å². The van der Waals surface area contributed by atoms with Crippen molar-refractivity contribution in [1.29, 1.82) is 0 Å². The number of pyridine rings is 1. The van der Waals surface area contributed by atoms with E-state index in [1.54, 1.807) is 31.6 Å². The molecule has 1 aromatic carbocycles. The standard InChI is InChI=1S/C23H29N3O3/c1-29-21-8-6-19(7-9-21)4-3-13-25-14-16-26(17-15-25)23(28)11-10-22(27)20-5-2-12-24-18-20/h2,5-9,12,18H,3-4,10-11,13-17H2,1H3. The minimum absolute atomic E-state index is 0.0244. The van der Waals surface area contributed by atoms with E-state index in [9.17, 15) is 9.59 Å². The summed E-state index contributed by atoms with van der Waals surface area (Å²) in [5, 5.41) is 0. The van der Waals surface area contributed by atoms with Gasteiger partial charge in [0.05, 0.1) is 7.11 Å². The molecule has 1 saturated heterocycles. The topological polar surface area (TPSA) is 62.7 Å². The number of methoxy groups -OCH3 is 1. The average molecular weight is 396 g/mol. The highest BCUT2D eigenvalue weighted by atomic mass is 16.5. The summed E-state index contributed by atoms with van der Waals surface area (Å²) in [6.45, 7) is 4.30. The number of carbonyl (C=O) groups excluding carboxylic acids is 2. The first-order valence-electron chi connectivity index (χ1n) is 10.2. The number of benzene rings is 1. The molecular weight excluding hydrogens is 366 g/mol. The van der Waals surface area contributed by atoms with Crippen molar-refractivity contribution in [3.8, 4) is 5.75 Å². The number of piperazine rings is 1. The van der Waals surface area contributed by atoms with E-state index < -0.39 is 0 Å². The number of aromatic nitrogens is 1. The Morgan fingerprint density at radius 1 is 1.03 bits per heavy atom. The van der Waals surface area contributed by atoms with E-state index in [2.05, 4.69) is 22.0 Å². The third kappa shape index (κ3) is 6.39. The second-order valence-electron chi connectivity index (χ2n) is 7.34. The minimum Gasteiger partial charge on any atom is -0.497 e. The molecule has 0 unspecified atom stereocenters. The molecule has 0 atom stereocenters. The molecule has 1 amide bonds. The van der Waals surface area contributed by atoms with Gasteiger partial charge in [-0.05, 0) is 49.2 Å². The van der Waals surface area contributed by atoms with Gasteiger partial charge in [0.2, 0.25) is 5.91 Å². The third-order valence-corrected chi connectivity index (χ3v) is 5.37. The van der Waals surface area contributed by atoms with Crippen LogP contribution in [0.2, 0.25) is 0 Å². The average Bonchev–Trinajstić information content (AvgIpc) is 2.78. The quantitative estimate of drug-likeness (QED) is 0.611. The number of hydrogen-bond donors (Lipinski definition) is 0. The van der Waals surface area contributed by atoms with Crippen molar-refractivity contribution in [2.45, 2.75) is 25.7 Å². The van der Waals surface area contributed by atoms with Gasteiger partial charge in [0.25, 0.3) is 0 Å². The smallest absolute Gasteiger partial charge is 0.223 e. The molecule has 1 fully saturated rings. The van der Waals surface area contributed by atoms with E-state index in [1.165, 1.54) is 5.56 Å². The molecule has 0 saturated carbocycles. The van der Waals surface area contributed by atoms with Gasteiger partial charge in [-0.3, -0.25) is 19.5 Å². The second kappa shape index (κ2) is 10.7. The van der Waals surface area contributed by atoms with E-state index in [4.69, 9.17) is 4.74 Å². The second-order valence-corrected chi connectivity index (χ2v) is 7.34. The number of rotatable bonds is 9. The molecule has 3 rings (SSSR count). The number of Topliss-reactive ketones (excluding diaryl/α,β-unsaturated/α-hetero) is 1. The van der Waals surface area contributed by atoms with E-state index in [1.807, 2.05) is 17.0 Å². The fourth-order valence-electron chi connectivity index (χ4n) is 3.57. The Hall–Kier alpha value is -2.73. The summed E-state index contributed by atoms with van der Waals surface area (Å²) in [6, 6.07) is 11.7. The highest BCUT2D eigenvalue weighted by Crippen LogP contribution is 2.13. The SMILES string of the molecule is COc1ccc(CCCN2CCN(C(=O)CCC(=O)c3cccnc3)CC2)cc1. The van der Waals surface area contributed by atoms with Crippen LogP contribution in [0.5, 0.6) is 5.75 Å². The van der Waals surface area contributed by atoms with Crippen LogP contribution < -0.4 is 4.74 Å². The lowest BCUT2D eigenvalue weighted by atomic mass is 10.1. The van der Waals surface area contributed by atoms with Crippen LogP contribution >= 0.6 is 0 Å². The van der Waals surface area contributed by atoms with Gasteiger partial charge in [0.15, 0.2) is 5.78 Å². The largest absolute Gasteiger partial charge is 0.497 e. The summed E-state index contributed by atoms with van der Waals surface area (Å²) < 4.78 is 5.19. The van der Waals surface area contributed by atoms with Crippen molar-refractivity contribution in [3.05, 3.63) is 59.9 Å². The Labute approximate surface area is 172 Å². The number of nitrogens with zero attached hydrogens (tertiary/aromatic N) is 3. The van der Waals surface area contributed by atoms with Crippen LogP contribution in [0.15, 0.2) is 48.8 Å². The third-order valence-electron chi connectivity index (χ3n) is 5.37. The Bertz CT molecular complexity index is 785. The van der Waals surface area contributed by atoms with Gasteiger partial charge in [-0.15, -0.1) is 0 Å². The maximum atomic E-state index is 12.4. The Morgan fingerprint density at radius 2 is 1.79 bits per heavy atom. The number of carbonyl (C=O) groups is 2. The van der Waals surface area contributed by atoms with E-state index in [-0.39, 0.29) is 24.5 Å². The van der Waals surface area contributed by atoms with Gasteiger partial charge in [0.1, 0.15) is 5.75 Å². The molecule has 0 bridgehead atoms. The van der Waals surface area contributed by atoms with Gasteiger partial charge in [-0.25, -0.2) is 0 Å². The summed E-state index contributed by atoms with van der Waals surface area (Å²) in [5.74, 6) is 0.931. The monoisotopic (exact) mass is 395 g/mol. The normalized spacial score (nSPS) is 14.6. The number of ketones is 1. The van der Waals surface area contributed by atoms with Crippen LogP contribution in [-0.4, -0.2) is 66.3 Å². The van der Waals surface area contributed by atoms with Crippen LogP contribution in [0.3, 0.4) is 0 Å². The number of hydrogen-bond acceptors (Lipinski definition) is 5. The molecule has 6 heteroatoms. The molecule has 1 aliphatic heterocycles. The first kappa shape index (κ1) is 21.0. The van der Waals surface area contributed by atoms with Crippen molar-refractivity contribution < 1.29 is 14.3 Å². The first-order chi connectivity index (χ1) is 14.2. The van der Waals surface area contributed by atoms with Gasteiger partial charge >= 0.3 is 0 Å². The molecule has 1 aliphatic rings. The molecular formula is C23H29N3O3. The maximum absolute atomic E-state index is 12.4. The van der Waals surface area contributed by atoms with E-state index in [0.29, 0.717) is 5.56 Å². The minimum atomic E-state index is -0.0244. The van der Waals surface area contributed by atoms with Crippen LogP contribution in [0.1, 0.15) is 35.2 Å². The molecule has 0 N–H and O–H groups in total. The molecule has 1 aromatic heterocycles. The van der Waals surface area contributed by atoms with Crippen molar-refractivity contribution in [3.63, 3.8) is 0 Å². The number of aryl methyl sites for hydroxylation is 1. The van der Waals surface area contributed by atoms with Gasteiger partial charge in [-0.1, -0.05) is 12.1 Å². The summed E-state index contributed by atoms with van der Waals surface area (Å²) in [6.07, 6.45) is 5.84. The fraction of sp³-hybridized carbons (Fsp3) is 0.435. The van der Waals surface area contributed by atoms with Crippen LogP contribution in [0.4, 0.5) is 0 Å². The lowest BCUT2D eigenvalue weighted by molar-refractivity contribution is -0.132. The molecule has 6 nitrogen and oxygen atoms in total. The van der Waals surface area contributed by atoms with E-state index >= 15 is 0 Å². The van der Waals surface area contributed by atoms with Gasteiger partial charge < -0.3 is 9.64 Å². The van der Waals surface area contributed by atoms with Crippen molar-refractivity contribution in [2.75, 3.05) is 39.8 Å². The molecule has 0 radical (unpaired) electrons. The molecule has 29 heavy (non-hydrogen) atoms.